The third-order valence-corrected chi connectivity index (χ3v) is 4.91. The Bertz CT molecular complexity index is 680. The highest BCUT2D eigenvalue weighted by Crippen LogP contribution is 2.23. The highest BCUT2D eigenvalue weighted by molar-refractivity contribution is 7.98. The molecule has 1 saturated heterocycles. The van der Waals surface area contributed by atoms with Crippen molar-refractivity contribution in [1.82, 2.24) is 4.90 Å². The highest BCUT2D eigenvalue weighted by atomic mass is 32.2. The summed E-state index contributed by atoms with van der Waals surface area (Å²) in [5.41, 5.74) is 1.87. The number of nitrogens with zero attached hydrogens (tertiary/aromatic N) is 2. The number of phenols is 1. The van der Waals surface area contributed by atoms with Crippen molar-refractivity contribution < 1.29 is 9.90 Å². The van der Waals surface area contributed by atoms with Crippen LogP contribution in [0.1, 0.15) is 10.4 Å². The van der Waals surface area contributed by atoms with Crippen molar-refractivity contribution in [1.29, 1.82) is 0 Å². The Morgan fingerprint density at radius 1 is 1.00 bits per heavy atom. The van der Waals surface area contributed by atoms with E-state index in [4.69, 9.17) is 0 Å². The lowest BCUT2D eigenvalue weighted by Gasteiger charge is -2.36. The Labute approximate surface area is 140 Å². The Morgan fingerprint density at radius 3 is 2.30 bits per heavy atom. The summed E-state index contributed by atoms with van der Waals surface area (Å²) in [5, 5.41) is 9.37. The number of carbonyl (C=O) groups excluding carboxylic acids is 1. The van der Waals surface area contributed by atoms with E-state index in [9.17, 15) is 9.90 Å². The summed E-state index contributed by atoms with van der Waals surface area (Å²) >= 11 is 1.60. The minimum atomic E-state index is 0.111. The molecule has 0 spiro atoms. The van der Waals surface area contributed by atoms with Gasteiger partial charge in [-0.05, 0) is 42.7 Å². The summed E-state index contributed by atoms with van der Waals surface area (Å²) in [7, 11) is 0. The van der Waals surface area contributed by atoms with Crippen LogP contribution in [0.25, 0.3) is 0 Å². The van der Waals surface area contributed by atoms with E-state index in [0.29, 0.717) is 13.1 Å². The summed E-state index contributed by atoms with van der Waals surface area (Å²) in [5.74, 6) is 0.386. The lowest BCUT2D eigenvalue weighted by Crippen LogP contribution is -2.48. The number of benzene rings is 2. The van der Waals surface area contributed by atoms with Crippen LogP contribution in [0.3, 0.4) is 0 Å². The van der Waals surface area contributed by atoms with Gasteiger partial charge in [-0.3, -0.25) is 4.79 Å². The Hall–Kier alpha value is -2.14. The maximum absolute atomic E-state index is 12.7. The van der Waals surface area contributed by atoms with Crippen molar-refractivity contribution in [2.24, 2.45) is 0 Å². The van der Waals surface area contributed by atoms with Gasteiger partial charge >= 0.3 is 0 Å². The molecule has 1 aliphatic heterocycles. The van der Waals surface area contributed by atoms with Gasteiger partial charge in [0.1, 0.15) is 5.75 Å². The maximum atomic E-state index is 12.7. The third-order valence-electron chi connectivity index (χ3n) is 4.12. The van der Waals surface area contributed by atoms with Gasteiger partial charge in [0.25, 0.3) is 5.91 Å². The zero-order valence-electron chi connectivity index (χ0n) is 13.1. The lowest BCUT2D eigenvalue weighted by molar-refractivity contribution is 0.0743. The molecule has 0 bridgehead atoms. The first-order valence-electron chi connectivity index (χ1n) is 7.65. The van der Waals surface area contributed by atoms with Gasteiger partial charge in [-0.25, -0.2) is 0 Å². The zero-order chi connectivity index (χ0) is 16.2. The molecule has 0 aromatic heterocycles. The fourth-order valence-electron chi connectivity index (χ4n) is 2.82. The number of rotatable bonds is 3. The predicted octanol–water partition coefficient (Wildman–Crippen LogP) is 3.08. The van der Waals surface area contributed by atoms with Crippen molar-refractivity contribution in [3.8, 4) is 5.75 Å². The summed E-state index contributed by atoms with van der Waals surface area (Å²) in [4.78, 5) is 17.9. The molecule has 0 saturated carbocycles. The van der Waals surface area contributed by atoms with Gasteiger partial charge in [-0.2, -0.15) is 0 Å². The van der Waals surface area contributed by atoms with E-state index in [1.165, 1.54) is 0 Å². The second-order valence-electron chi connectivity index (χ2n) is 5.50. The predicted molar refractivity (Wildman–Crippen MR) is 94.4 cm³/mol. The molecule has 5 heteroatoms. The molecule has 0 atom stereocenters. The van der Waals surface area contributed by atoms with E-state index in [1.54, 1.807) is 23.9 Å². The monoisotopic (exact) mass is 328 g/mol. The fourth-order valence-corrected chi connectivity index (χ4v) is 3.41. The molecule has 2 aromatic rings. The smallest absolute Gasteiger partial charge is 0.255 e. The van der Waals surface area contributed by atoms with Crippen molar-refractivity contribution in [3.05, 3.63) is 54.1 Å². The van der Waals surface area contributed by atoms with Crippen molar-refractivity contribution in [3.63, 3.8) is 0 Å². The molecular weight excluding hydrogens is 308 g/mol. The minimum absolute atomic E-state index is 0.111. The third kappa shape index (κ3) is 3.45. The Morgan fingerprint density at radius 2 is 1.65 bits per heavy atom. The summed E-state index contributed by atoms with van der Waals surface area (Å²) in [6, 6.07) is 15.0. The van der Waals surface area contributed by atoms with Crippen LogP contribution in [0.15, 0.2) is 53.4 Å². The second kappa shape index (κ2) is 6.96. The average molecular weight is 328 g/mol. The van der Waals surface area contributed by atoms with Crippen molar-refractivity contribution >= 4 is 23.4 Å². The molecule has 1 fully saturated rings. The zero-order valence-corrected chi connectivity index (χ0v) is 13.9. The molecule has 0 radical (unpaired) electrons. The van der Waals surface area contributed by atoms with Crippen LogP contribution >= 0.6 is 11.8 Å². The molecule has 120 valence electrons. The molecule has 0 unspecified atom stereocenters. The van der Waals surface area contributed by atoms with Crippen LogP contribution in [0, 0.1) is 0 Å². The number of phenolic OH excluding ortho intramolecular Hbond substituents is 1. The molecule has 1 heterocycles. The van der Waals surface area contributed by atoms with Gasteiger partial charge in [-0.1, -0.05) is 12.1 Å². The number of amides is 1. The van der Waals surface area contributed by atoms with Gasteiger partial charge in [0, 0.05) is 36.8 Å². The van der Waals surface area contributed by atoms with E-state index < -0.39 is 0 Å². The van der Waals surface area contributed by atoms with Crippen LogP contribution < -0.4 is 4.90 Å². The van der Waals surface area contributed by atoms with Gasteiger partial charge in [0.2, 0.25) is 0 Å². The van der Waals surface area contributed by atoms with Crippen molar-refractivity contribution in [2.45, 2.75) is 4.90 Å². The highest BCUT2D eigenvalue weighted by Gasteiger charge is 2.23. The second-order valence-corrected chi connectivity index (χ2v) is 6.34. The van der Waals surface area contributed by atoms with Crippen LogP contribution in [-0.4, -0.2) is 48.3 Å². The van der Waals surface area contributed by atoms with E-state index in [2.05, 4.69) is 4.90 Å². The lowest BCUT2D eigenvalue weighted by atomic mass is 10.1. The normalized spacial score (nSPS) is 14.8. The number of aromatic hydroxyl groups is 1. The Balaban J connectivity index is 1.66. The van der Waals surface area contributed by atoms with E-state index in [0.717, 1.165) is 29.2 Å². The summed E-state index contributed by atoms with van der Waals surface area (Å²) in [6.45, 7) is 3.03. The molecule has 4 nitrogen and oxygen atoms in total. The largest absolute Gasteiger partial charge is 0.508 e. The Kier molecular flexibility index (Phi) is 4.76. The number of thioether (sulfide) groups is 1. The van der Waals surface area contributed by atoms with Crippen LogP contribution in [0.4, 0.5) is 5.69 Å². The topological polar surface area (TPSA) is 43.8 Å². The number of hydrogen-bond donors (Lipinski definition) is 1. The first kappa shape index (κ1) is 15.7. The first-order chi connectivity index (χ1) is 11.2. The molecule has 1 N–H and O–H groups in total. The number of hydrogen-bond acceptors (Lipinski definition) is 4. The first-order valence-corrected chi connectivity index (χ1v) is 8.88. The maximum Gasteiger partial charge on any atom is 0.255 e. The summed E-state index contributed by atoms with van der Waals surface area (Å²) in [6.07, 6.45) is 1.99. The molecule has 1 amide bonds. The van der Waals surface area contributed by atoms with Gasteiger partial charge in [-0.15, -0.1) is 11.8 Å². The number of piperazine rings is 1. The minimum Gasteiger partial charge on any atom is -0.508 e. The van der Waals surface area contributed by atoms with Crippen LogP contribution in [0.5, 0.6) is 5.75 Å². The van der Waals surface area contributed by atoms with Gasteiger partial charge in [0.05, 0.1) is 5.56 Å². The molecule has 0 aliphatic carbocycles. The molecule has 3 rings (SSSR count). The van der Waals surface area contributed by atoms with E-state index in [1.807, 2.05) is 47.6 Å². The average Bonchev–Trinajstić information content (AvgIpc) is 2.62. The van der Waals surface area contributed by atoms with Gasteiger partial charge in [0.15, 0.2) is 0 Å². The van der Waals surface area contributed by atoms with E-state index in [-0.39, 0.29) is 11.7 Å². The van der Waals surface area contributed by atoms with E-state index >= 15 is 0 Å². The summed E-state index contributed by atoms with van der Waals surface area (Å²) < 4.78 is 0. The fraction of sp³-hybridized carbons (Fsp3) is 0.278. The molecular formula is C18H20N2O2S. The van der Waals surface area contributed by atoms with Gasteiger partial charge < -0.3 is 14.9 Å². The molecule has 23 heavy (non-hydrogen) atoms. The van der Waals surface area contributed by atoms with Crippen LogP contribution in [0.2, 0.25) is 0 Å². The number of carbonyl (C=O) groups is 1. The van der Waals surface area contributed by atoms with Crippen LogP contribution in [-0.2, 0) is 0 Å². The van der Waals surface area contributed by atoms with Crippen molar-refractivity contribution in [2.75, 3.05) is 37.3 Å². The SMILES string of the molecule is CSc1ccccc1C(=O)N1CCN(c2ccc(O)cc2)CC1. The number of anilines is 1. The standard InChI is InChI=1S/C18H20N2O2S/c1-23-17-5-3-2-4-16(17)18(22)20-12-10-19(11-13-20)14-6-8-15(21)9-7-14/h2-9,21H,10-13H2,1H3. The molecule has 1 aliphatic rings. The molecule has 2 aromatic carbocycles. The quantitative estimate of drug-likeness (QED) is 0.880.